The highest BCUT2D eigenvalue weighted by Crippen LogP contribution is 2.19. The van der Waals surface area contributed by atoms with Gasteiger partial charge in [-0.25, -0.2) is 4.98 Å². The monoisotopic (exact) mass is 358 g/mol. The smallest absolute Gasteiger partial charge is 0.253 e. The van der Waals surface area contributed by atoms with E-state index >= 15 is 0 Å². The number of hydrogen-bond acceptors (Lipinski definition) is 3. The van der Waals surface area contributed by atoms with E-state index in [2.05, 4.69) is 32.8 Å². The lowest BCUT2D eigenvalue weighted by Crippen LogP contribution is -2.25. The summed E-state index contributed by atoms with van der Waals surface area (Å²) in [5.74, 6) is 0.728. The zero-order chi connectivity index (χ0) is 19.0. The van der Waals surface area contributed by atoms with E-state index in [0.717, 1.165) is 45.6 Å². The number of nitrogens with zero attached hydrogens (tertiary/aromatic N) is 3. The van der Waals surface area contributed by atoms with Crippen LogP contribution < -0.4 is 5.32 Å². The van der Waals surface area contributed by atoms with Gasteiger partial charge in [-0.1, -0.05) is 24.3 Å². The van der Waals surface area contributed by atoms with E-state index in [1.54, 1.807) is 0 Å². The van der Waals surface area contributed by atoms with Gasteiger partial charge in [-0.15, -0.1) is 0 Å². The first-order valence-electron chi connectivity index (χ1n) is 9.17. The second-order valence-corrected chi connectivity index (χ2v) is 6.76. The number of rotatable bonds is 4. The van der Waals surface area contributed by atoms with Crippen LogP contribution >= 0.6 is 0 Å². The molecule has 0 saturated carbocycles. The molecule has 0 unspecified atom stereocenters. The molecular weight excluding hydrogens is 336 g/mol. The first-order valence-corrected chi connectivity index (χ1v) is 9.17. The summed E-state index contributed by atoms with van der Waals surface area (Å²) in [6.07, 6.45) is 0. The SMILES string of the molecule is CCn1c(CNC(=O)c2cc3ccc(C)cc3nc2C)nc2ccccc21. The number of para-hydroxylation sites is 2. The third-order valence-electron chi connectivity index (χ3n) is 4.87. The molecule has 0 bridgehead atoms. The Morgan fingerprint density at radius 1 is 1.04 bits per heavy atom. The molecule has 0 fully saturated rings. The number of aromatic nitrogens is 3. The zero-order valence-electron chi connectivity index (χ0n) is 15.8. The number of imidazole rings is 1. The summed E-state index contributed by atoms with van der Waals surface area (Å²) in [5, 5.41) is 3.98. The molecule has 0 aliphatic carbocycles. The molecule has 5 nitrogen and oxygen atoms in total. The van der Waals surface area contributed by atoms with E-state index in [9.17, 15) is 4.79 Å². The topological polar surface area (TPSA) is 59.8 Å². The standard InChI is InChI=1S/C22H22N4O/c1-4-26-20-8-6-5-7-18(20)25-21(26)13-23-22(27)17-12-16-10-9-14(2)11-19(16)24-15(17)3/h5-12H,4,13H2,1-3H3,(H,23,27). The highest BCUT2D eigenvalue weighted by atomic mass is 16.1. The van der Waals surface area contributed by atoms with Crippen LogP contribution in [0.15, 0.2) is 48.5 Å². The number of benzene rings is 2. The lowest BCUT2D eigenvalue weighted by molar-refractivity contribution is 0.0948. The van der Waals surface area contributed by atoms with Crippen LogP contribution in [0.3, 0.4) is 0 Å². The summed E-state index contributed by atoms with van der Waals surface area (Å²) in [4.78, 5) is 22.0. The van der Waals surface area contributed by atoms with Crippen molar-refractivity contribution in [2.75, 3.05) is 0 Å². The van der Waals surface area contributed by atoms with Gasteiger partial charge < -0.3 is 9.88 Å². The van der Waals surface area contributed by atoms with Gasteiger partial charge in [0.2, 0.25) is 0 Å². The van der Waals surface area contributed by atoms with Crippen molar-refractivity contribution < 1.29 is 4.79 Å². The first kappa shape index (κ1) is 17.2. The normalized spacial score (nSPS) is 11.2. The predicted molar refractivity (Wildman–Crippen MR) is 108 cm³/mol. The Kier molecular flexibility index (Phi) is 4.36. The summed E-state index contributed by atoms with van der Waals surface area (Å²) in [7, 11) is 0. The van der Waals surface area contributed by atoms with Crippen molar-refractivity contribution in [2.24, 2.45) is 0 Å². The van der Waals surface area contributed by atoms with Gasteiger partial charge in [0.05, 0.1) is 34.4 Å². The predicted octanol–water partition coefficient (Wildman–Crippen LogP) is 4.15. The van der Waals surface area contributed by atoms with Crippen LogP contribution in [0, 0.1) is 13.8 Å². The average molecular weight is 358 g/mol. The maximum absolute atomic E-state index is 12.8. The molecule has 5 heteroatoms. The Hall–Kier alpha value is -3.21. The number of carbonyl (C=O) groups is 1. The van der Waals surface area contributed by atoms with Crippen molar-refractivity contribution in [3.63, 3.8) is 0 Å². The van der Waals surface area contributed by atoms with Crippen molar-refractivity contribution in [3.8, 4) is 0 Å². The highest BCUT2D eigenvalue weighted by molar-refractivity contribution is 5.98. The van der Waals surface area contributed by atoms with Crippen LogP contribution in [-0.4, -0.2) is 20.4 Å². The van der Waals surface area contributed by atoms with Crippen LogP contribution in [0.5, 0.6) is 0 Å². The van der Waals surface area contributed by atoms with Crippen molar-refractivity contribution in [3.05, 3.63) is 71.2 Å². The fourth-order valence-corrected chi connectivity index (χ4v) is 3.47. The van der Waals surface area contributed by atoms with E-state index in [1.807, 2.05) is 56.3 Å². The van der Waals surface area contributed by atoms with E-state index < -0.39 is 0 Å². The van der Waals surface area contributed by atoms with E-state index in [4.69, 9.17) is 0 Å². The lowest BCUT2D eigenvalue weighted by Gasteiger charge is -2.10. The van der Waals surface area contributed by atoms with Gasteiger partial charge in [0.15, 0.2) is 0 Å². The second-order valence-electron chi connectivity index (χ2n) is 6.76. The minimum Gasteiger partial charge on any atom is -0.345 e. The van der Waals surface area contributed by atoms with Crippen LogP contribution in [0.2, 0.25) is 0 Å². The molecule has 0 aliphatic rings. The quantitative estimate of drug-likeness (QED) is 0.596. The number of hydrogen-bond donors (Lipinski definition) is 1. The van der Waals surface area contributed by atoms with E-state index in [1.165, 1.54) is 0 Å². The van der Waals surface area contributed by atoms with Gasteiger partial charge in [-0.3, -0.25) is 9.78 Å². The number of amides is 1. The summed E-state index contributed by atoms with van der Waals surface area (Å²) >= 11 is 0. The molecule has 4 rings (SSSR count). The van der Waals surface area contributed by atoms with Gasteiger partial charge in [0, 0.05) is 11.9 Å². The first-order chi connectivity index (χ1) is 13.1. The largest absolute Gasteiger partial charge is 0.345 e. The Morgan fingerprint density at radius 3 is 2.67 bits per heavy atom. The minimum atomic E-state index is -0.128. The van der Waals surface area contributed by atoms with Gasteiger partial charge in [-0.05, 0) is 50.6 Å². The third-order valence-corrected chi connectivity index (χ3v) is 4.87. The van der Waals surface area contributed by atoms with Crippen molar-refractivity contribution in [1.29, 1.82) is 0 Å². The second kappa shape index (κ2) is 6.83. The van der Waals surface area contributed by atoms with Crippen LogP contribution in [0.1, 0.15) is 34.4 Å². The number of nitrogens with one attached hydrogen (secondary N) is 1. The van der Waals surface area contributed by atoms with Crippen molar-refractivity contribution in [2.45, 2.75) is 33.9 Å². The van der Waals surface area contributed by atoms with Crippen LogP contribution in [-0.2, 0) is 13.1 Å². The summed E-state index contributed by atoms with van der Waals surface area (Å²) in [5.41, 5.74) is 5.44. The molecule has 4 aromatic rings. The molecule has 2 heterocycles. The number of pyridine rings is 1. The molecule has 0 saturated heterocycles. The maximum atomic E-state index is 12.8. The molecule has 136 valence electrons. The molecule has 1 amide bonds. The molecule has 0 aliphatic heterocycles. The van der Waals surface area contributed by atoms with Crippen LogP contribution in [0.4, 0.5) is 0 Å². The molecular formula is C22H22N4O. The Balaban J connectivity index is 1.61. The summed E-state index contributed by atoms with van der Waals surface area (Å²) < 4.78 is 2.13. The maximum Gasteiger partial charge on any atom is 0.253 e. The molecule has 0 atom stereocenters. The minimum absolute atomic E-state index is 0.128. The van der Waals surface area contributed by atoms with Crippen molar-refractivity contribution in [1.82, 2.24) is 19.9 Å². The number of carbonyl (C=O) groups excluding carboxylic acids is 1. The zero-order valence-corrected chi connectivity index (χ0v) is 15.8. The van der Waals surface area contributed by atoms with E-state index in [0.29, 0.717) is 12.1 Å². The van der Waals surface area contributed by atoms with Gasteiger partial charge >= 0.3 is 0 Å². The molecule has 0 spiro atoms. The number of fused-ring (bicyclic) bond motifs is 2. The molecule has 2 aromatic heterocycles. The highest BCUT2D eigenvalue weighted by Gasteiger charge is 2.14. The Labute approximate surface area is 158 Å². The number of aryl methyl sites for hydroxylation is 3. The van der Waals surface area contributed by atoms with Crippen molar-refractivity contribution >= 4 is 27.8 Å². The molecule has 0 radical (unpaired) electrons. The summed E-state index contributed by atoms with van der Waals surface area (Å²) in [6.45, 7) is 7.18. The van der Waals surface area contributed by atoms with Gasteiger partial charge in [0.25, 0.3) is 5.91 Å². The lowest BCUT2D eigenvalue weighted by atomic mass is 10.1. The average Bonchev–Trinajstić information content (AvgIpc) is 3.03. The summed E-state index contributed by atoms with van der Waals surface area (Å²) in [6, 6.07) is 16.0. The van der Waals surface area contributed by atoms with E-state index in [-0.39, 0.29) is 5.91 Å². The van der Waals surface area contributed by atoms with Gasteiger partial charge in [-0.2, -0.15) is 0 Å². The van der Waals surface area contributed by atoms with Crippen LogP contribution in [0.25, 0.3) is 21.9 Å². The Bertz CT molecular complexity index is 1160. The Morgan fingerprint density at radius 2 is 1.85 bits per heavy atom. The fraction of sp³-hybridized carbons (Fsp3) is 0.227. The van der Waals surface area contributed by atoms with Gasteiger partial charge in [0.1, 0.15) is 5.82 Å². The fourth-order valence-electron chi connectivity index (χ4n) is 3.47. The third kappa shape index (κ3) is 3.16. The molecule has 1 N–H and O–H groups in total. The molecule has 2 aromatic carbocycles. The molecule has 27 heavy (non-hydrogen) atoms.